The summed E-state index contributed by atoms with van der Waals surface area (Å²) in [6.45, 7) is -1.67. The zero-order chi connectivity index (χ0) is 15.1. The second-order valence-electron chi connectivity index (χ2n) is 4.54. The Morgan fingerprint density at radius 1 is 1.10 bits per heavy atom. The summed E-state index contributed by atoms with van der Waals surface area (Å²) in [5.41, 5.74) is 1.84. The van der Waals surface area contributed by atoms with Gasteiger partial charge in [-0.15, -0.1) is 0 Å². The molecule has 0 saturated heterocycles. The van der Waals surface area contributed by atoms with E-state index < -0.39 is 6.61 Å². The monoisotopic (exact) mass is 311 g/mol. The van der Waals surface area contributed by atoms with Crippen LogP contribution in [0, 0.1) is 0 Å². The Bertz CT molecular complexity index is 563. The Hall–Kier alpha value is -1.65. The molecule has 0 atom stereocenters. The molecule has 2 aromatic rings. The molecule has 0 amide bonds. The van der Waals surface area contributed by atoms with Gasteiger partial charge in [-0.05, 0) is 36.7 Å². The quantitative estimate of drug-likeness (QED) is 0.771. The smallest absolute Gasteiger partial charge is 0.387 e. The third-order valence-electron chi connectivity index (χ3n) is 2.99. The van der Waals surface area contributed by atoms with E-state index in [0.29, 0.717) is 17.1 Å². The maximum absolute atomic E-state index is 12.3. The molecule has 0 aliphatic carbocycles. The van der Waals surface area contributed by atoms with E-state index in [4.69, 9.17) is 11.6 Å². The number of hydrogen-bond acceptors (Lipinski definition) is 2. The van der Waals surface area contributed by atoms with Gasteiger partial charge in [0.1, 0.15) is 5.75 Å². The van der Waals surface area contributed by atoms with Crippen LogP contribution in [0.5, 0.6) is 5.75 Å². The minimum Gasteiger partial charge on any atom is -0.434 e. The molecule has 1 N–H and O–H groups in total. The Balaban J connectivity index is 1.88. The highest BCUT2D eigenvalue weighted by atomic mass is 35.5. The number of hydrogen-bond donors (Lipinski definition) is 1. The van der Waals surface area contributed by atoms with E-state index in [1.54, 1.807) is 6.07 Å². The largest absolute Gasteiger partial charge is 0.434 e. The molecular formula is C16H16ClF2NO. The van der Waals surface area contributed by atoms with Gasteiger partial charge in [0.2, 0.25) is 0 Å². The zero-order valence-corrected chi connectivity index (χ0v) is 12.1. The maximum atomic E-state index is 12.3. The van der Waals surface area contributed by atoms with E-state index in [1.165, 1.54) is 17.7 Å². The van der Waals surface area contributed by atoms with Crippen LogP contribution >= 0.6 is 11.6 Å². The van der Waals surface area contributed by atoms with Gasteiger partial charge in [0, 0.05) is 17.1 Å². The van der Waals surface area contributed by atoms with E-state index in [1.807, 2.05) is 30.3 Å². The topological polar surface area (TPSA) is 21.3 Å². The Morgan fingerprint density at radius 2 is 1.86 bits per heavy atom. The fraction of sp³-hybridized carbons (Fsp3) is 0.250. The molecule has 0 bridgehead atoms. The summed E-state index contributed by atoms with van der Waals surface area (Å²) < 4.78 is 29.2. The number of nitrogens with one attached hydrogen (secondary N) is 1. The molecule has 2 rings (SSSR count). The average Bonchev–Trinajstić information content (AvgIpc) is 2.47. The second-order valence-corrected chi connectivity index (χ2v) is 4.98. The minimum atomic E-state index is -2.84. The Labute approximate surface area is 127 Å². The van der Waals surface area contributed by atoms with Crippen LogP contribution in [0.4, 0.5) is 8.78 Å². The number of halogens is 3. The number of ether oxygens (including phenoxy) is 1. The van der Waals surface area contributed by atoms with Crippen molar-refractivity contribution >= 4 is 11.6 Å². The molecule has 0 heterocycles. The molecule has 0 aliphatic rings. The fourth-order valence-corrected chi connectivity index (χ4v) is 2.19. The van der Waals surface area contributed by atoms with Gasteiger partial charge in [0.15, 0.2) is 0 Å². The molecule has 2 nitrogen and oxygen atoms in total. The lowest BCUT2D eigenvalue weighted by Gasteiger charge is -2.12. The van der Waals surface area contributed by atoms with Crippen LogP contribution in [-0.2, 0) is 13.0 Å². The number of benzene rings is 2. The van der Waals surface area contributed by atoms with Crippen LogP contribution in [0.2, 0.25) is 5.02 Å². The highest BCUT2D eigenvalue weighted by Crippen LogP contribution is 2.24. The van der Waals surface area contributed by atoms with E-state index in [9.17, 15) is 8.78 Å². The van der Waals surface area contributed by atoms with Gasteiger partial charge in [-0.3, -0.25) is 0 Å². The second kappa shape index (κ2) is 7.96. The fourth-order valence-electron chi connectivity index (χ4n) is 2.00. The van der Waals surface area contributed by atoms with Crippen LogP contribution in [0.1, 0.15) is 11.1 Å². The van der Waals surface area contributed by atoms with Gasteiger partial charge in [-0.1, -0.05) is 41.9 Å². The number of rotatable bonds is 7. The summed E-state index contributed by atoms with van der Waals surface area (Å²) in [5, 5.41) is 3.70. The first-order valence-corrected chi connectivity index (χ1v) is 7.01. The molecule has 0 aromatic heterocycles. The van der Waals surface area contributed by atoms with Crippen molar-refractivity contribution in [2.24, 2.45) is 0 Å². The number of alkyl halides is 2. The first kappa shape index (κ1) is 15.7. The van der Waals surface area contributed by atoms with Crippen molar-refractivity contribution in [1.29, 1.82) is 0 Å². The molecule has 112 valence electrons. The van der Waals surface area contributed by atoms with Crippen LogP contribution in [0.3, 0.4) is 0 Å². The van der Waals surface area contributed by atoms with Gasteiger partial charge in [0.25, 0.3) is 0 Å². The van der Waals surface area contributed by atoms with Crippen molar-refractivity contribution in [3.63, 3.8) is 0 Å². The van der Waals surface area contributed by atoms with E-state index in [0.717, 1.165) is 13.0 Å². The van der Waals surface area contributed by atoms with Crippen LogP contribution in [0.15, 0.2) is 48.5 Å². The third kappa shape index (κ3) is 5.33. The summed E-state index contributed by atoms with van der Waals surface area (Å²) >= 11 is 5.89. The van der Waals surface area contributed by atoms with Crippen molar-refractivity contribution in [3.05, 3.63) is 64.7 Å². The van der Waals surface area contributed by atoms with Gasteiger partial charge in [0.05, 0.1) is 0 Å². The molecule has 5 heteroatoms. The summed E-state index contributed by atoms with van der Waals surface area (Å²) in [6.07, 6.45) is 0.868. The van der Waals surface area contributed by atoms with E-state index in [2.05, 4.69) is 10.1 Å². The molecular weight excluding hydrogens is 296 g/mol. The van der Waals surface area contributed by atoms with Crippen molar-refractivity contribution in [3.8, 4) is 5.75 Å². The lowest BCUT2D eigenvalue weighted by atomic mass is 10.1. The van der Waals surface area contributed by atoms with Crippen molar-refractivity contribution in [2.45, 2.75) is 19.6 Å². The Kier molecular flexibility index (Phi) is 5.96. The highest BCUT2D eigenvalue weighted by Gasteiger charge is 2.10. The predicted octanol–water partition coefficient (Wildman–Crippen LogP) is 4.27. The van der Waals surface area contributed by atoms with Crippen LogP contribution in [-0.4, -0.2) is 13.2 Å². The SMILES string of the molecule is FC(F)Oc1ccc(Cl)cc1CNCCc1ccccc1. The van der Waals surface area contributed by atoms with Crippen LogP contribution in [0.25, 0.3) is 0 Å². The normalized spacial score (nSPS) is 10.9. The summed E-state index contributed by atoms with van der Waals surface area (Å²) in [5.74, 6) is 0.154. The van der Waals surface area contributed by atoms with E-state index in [-0.39, 0.29) is 5.75 Å². The predicted molar refractivity (Wildman–Crippen MR) is 79.9 cm³/mol. The average molecular weight is 312 g/mol. The summed E-state index contributed by atoms with van der Waals surface area (Å²) in [6, 6.07) is 14.7. The lowest BCUT2D eigenvalue weighted by Crippen LogP contribution is -2.17. The molecule has 0 aliphatic heterocycles. The molecule has 2 aromatic carbocycles. The lowest BCUT2D eigenvalue weighted by molar-refractivity contribution is -0.0504. The van der Waals surface area contributed by atoms with Crippen LogP contribution < -0.4 is 10.1 Å². The molecule has 0 spiro atoms. The standard InChI is InChI=1S/C16H16ClF2NO/c17-14-6-7-15(21-16(18)19)13(10-14)11-20-9-8-12-4-2-1-3-5-12/h1-7,10,16,20H,8-9,11H2. The van der Waals surface area contributed by atoms with E-state index >= 15 is 0 Å². The van der Waals surface area contributed by atoms with Gasteiger partial charge >= 0.3 is 6.61 Å². The van der Waals surface area contributed by atoms with Gasteiger partial charge in [-0.25, -0.2) is 0 Å². The Morgan fingerprint density at radius 3 is 2.57 bits per heavy atom. The molecule has 0 unspecified atom stereocenters. The first-order valence-electron chi connectivity index (χ1n) is 6.63. The van der Waals surface area contributed by atoms with Crippen molar-refractivity contribution in [2.75, 3.05) is 6.54 Å². The molecule has 0 radical (unpaired) electrons. The molecule has 0 fully saturated rings. The minimum absolute atomic E-state index is 0.154. The first-order chi connectivity index (χ1) is 10.1. The molecule has 0 saturated carbocycles. The zero-order valence-electron chi connectivity index (χ0n) is 11.4. The van der Waals surface area contributed by atoms with Crippen molar-refractivity contribution in [1.82, 2.24) is 5.32 Å². The van der Waals surface area contributed by atoms with Gasteiger partial charge in [-0.2, -0.15) is 8.78 Å². The third-order valence-corrected chi connectivity index (χ3v) is 3.22. The summed E-state index contributed by atoms with van der Waals surface area (Å²) in [4.78, 5) is 0. The summed E-state index contributed by atoms with van der Waals surface area (Å²) in [7, 11) is 0. The molecule has 21 heavy (non-hydrogen) atoms. The van der Waals surface area contributed by atoms with Gasteiger partial charge < -0.3 is 10.1 Å². The highest BCUT2D eigenvalue weighted by molar-refractivity contribution is 6.30. The van der Waals surface area contributed by atoms with Crippen molar-refractivity contribution < 1.29 is 13.5 Å². The maximum Gasteiger partial charge on any atom is 0.387 e.